The lowest BCUT2D eigenvalue weighted by Gasteiger charge is -2.36. The fourth-order valence-corrected chi connectivity index (χ4v) is 2.49. The predicted octanol–water partition coefficient (Wildman–Crippen LogP) is 3.35. The zero-order valence-corrected chi connectivity index (χ0v) is 13.4. The van der Waals surface area contributed by atoms with Crippen LogP contribution < -0.4 is 5.32 Å². The third kappa shape index (κ3) is 4.71. The molecule has 0 heterocycles. The number of ether oxygens (including phenoxy) is 1. The highest BCUT2D eigenvalue weighted by Crippen LogP contribution is 2.25. The predicted molar refractivity (Wildman–Crippen MR) is 87.2 cm³/mol. The van der Waals surface area contributed by atoms with Crippen molar-refractivity contribution >= 4 is 5.97 Å². The first-order chi connectivity index (χ1) is 10.1. The third-order valence-electron chi connectivity index (χ3n) is 3.84. The monoisotopic (exact) mass is 289 g/mol. The van der Waals surface area contributed by atoms with E-state index in [0.29, 0.717) is 19.6 Å². The van der Waals surface area contributed by atoms with Gasteiger partial charge in [-0.3, -0.25) is 10.1 Å². The van der Waals surface area contributed by atoms with Crippen LogP contribution in [0.15, 0.2) is 43.0 Å². The second kappa shape index (κ2) is 8.63. The van der Waals surface area contributed by atoms with E-state index in [4.69, 9.17) is 4.74 Å². The molecular weight excluding hydrogens is 262 g/mol. The van der Waals surface area contributed by atoms with Gasteiger partial charge in [-0.25, -0.2) is 0 Å². The van der Waals surface area contributed by atoms with Crippen LogP contribution >= 0.6 is 0 Å². The molecule has 1 aromatic carbocycles. The van der Waals surface area contributed by atoms with Crippen LogP contribution in [-0.4, -0.2) is 24.7 Å². The minimum Gasteiger partial charge on any atom is -0.465 e. The average Bonchev–Trinajstić information content (AvgIpc) is 2.48. The summed E-state index contributed by atoms with van der Waals surface area (Å²) in [7, 11) is 0. The number of benzene rings is 1. The van der Waals surface area contributed by atoms with E-state index in [1.54, 1.807) is 6.08 Å². The van der Waals surface area contributed by atoms with E-state index in [1.165, 1.54) is 5.56 Å². The van der Waals surface area contributed by atoms with Crippen LogP contribution in [0, 0.1) is 5.92 Å². The first-order valence-electron chi connectivity index (χ1n) is 7.64. The van der Waals surface area contributed by atoms with Gasteiger partial charge < -0.3 is 4.74 Å². The zero-order chi connectivity index (χ0) is 15.7. The molecule has 0 aliphatic rings. The summed E-state index contributed by atoms with van der Waals surface area (Å²) in [6, 6.07) is 10.2. The fraction of sp³-hybridized carbons (Fsp3) is 0.500. The van der Waals surface area contributed by atoms with Gasteiger partial charge in [0, 0.05) is 6.54 Å². The van der Waals surface area contributed by atoms with Crippen molar-refractivity contribution in [3.8, 4) is 0 Å². The lowest BCUT2D eigenvalue weighted by atomic mass is 9.81. The van der Waals surface area contributed by atoms with Gasteiger partial charge in [0.25, 0.3) is 0 Å². The normalized spacial score (nSPS) is 13.7. The van der Waals surface area contributed by atoms with E-state index in [-0.39, 0.29) is 11.9 Å². The lowest BCUT2D eigenvalue weighted by Crippen LogP contribution is -2.57. The molecule has 3 nitrogen and oxygen atoms in total. The SMILES string of the molecule is C=CCNC(CCc1ccccc1)(C(=O)OCC)C(C)C. The number of nitrogens with one attached hydrogen (secondary N) is 1. The molecule has 1 N–H and O–H groups in total. The molecular formula is C18H27NO2. The lowest BCUT2D eigenvalue weighted by molar-refractivity contribution is -0.153. The van der Waals surface area contributed by atoms with Gasteiger partial charge in [-0.1, -0.05) is 50.3 Å². The van der Waals surface area contributed by atoms with Gasteiger partial charge in [-0.2, -0.15) is 0 Å². The molecule has 0 spiro atoms. The van der Waals surface area contributed by atoms with Gasteiger partial charge in [0.2, 0.25) is 0 Å². The maximum atomic E-state index is 12.5. The van der Waals surface area contributed by atoms with Crippen LogP contribution in [0.4, 0.5) is 0 Å². The Balaban J connectivity index is 2.92. The summed E-state index contributed by atoms with van der Waals surface area (Å²) >= 11 is 0. The number of esters is 1. The first kappa shape index (κ1) is 17.4. The molecule has 0 aromatic heterocycles. The van der Waals surface area contributed by atoms with Crippen molar-refractivity contribution in [2.75, 3.05) is 13.2 Å². The summed E-state index contributed by atoms with van der Waals surface area (Å²) in [5.41, 5.74) is 0.562. The maximum absolute atomic E-state index is 12.5. The van der Waals surface area contributed by atoms with Crippen molar-refractivity contribution in [1.82, 2.24) is 5.32 Å². The van der Waals surface area contributed by atoms with Crippen LogP contribution in [0.3, 0.4) is 0 Å². The Hall–Kier alpha value is -1.61. The van der Waals surface area contributed by atoms with Crippen LogP contribution in [0.2, 0.25) is 0 Å². The smallest absolute Gasteiger partial charge is 0.326 e. The number of aryl methyl sites for hydroxylation is 1. The number of hydrogen-bond donors (Lipinski definition) is 1. The van der Waals surface area contributed by atoms with Crippen LogP contribution in [0.1, 0.15) is 32.8 Å². The molecule has 0 radical (unpaired) electrons. The van der Waals surface area contributed by atoms with Crippen molar-refractivity contribution in [3.05, 3.63) is 48.6 Å². The first-order valence-corrected chi connectivity index (χ1v) is 7.64. The molecule has 3 heteroatoms. The number of rotatable bonds is 9. The second-order valence-electron chi connectivity index (χ2n) is 5.50. The Morgan fingerprint density at radius 3 is 2.57 bits per heavy atom. The largest absolute Gasteiger partial charge is 0.465 e. The molecule has 0 fully saturated rings. The van der Waals surface area contributed by atoms with Gasteiger partial charge >= 0.3 is 5.97 Å². The molecule has 1 aromatic rings. The molecule has 0 saturated carbocycles. The third-order valence-corrected chi connectivity index (χ3v) is 3.84. The molecule has 0 aliphatic carbocycles. The topological polar surface area (TPSA) is 38.3 Å². The van der Waals surface area contributed by atoms with Crippen molar-refractivity contribution in [3.63, 3.8) is 0 Å². The molecule has 0 amide bonds. The van der Waals surface area contributed by atoms with Crippen LogP contribution in [0.5, 0.6) is 0 Å². The Bertz CT molecular complexity index is 442. The van der Waals surface area contributed by atoms with E-state index < -0.39 is 5.54 Å². The number of hydrogen-bond acceptors (Lipinski definition) is 3. The minimum absolute atomic E-state index is 0.139. The fourth-order valence-electron chi connectivity index (χ4n) is 2.49. The van der Waals surface area contributed by atoms with Gasteiger partial charge in [-0.05, 0) is 31.2 Å². The number of carbonyl (C=O) groups excluding carboxylic acids is 1. The van der Waals surface area contributed by atoms with E-state index in [1.807, 2.05) is 25.1 Å². The summed E-state index contributed by atoms with van der Waals surface area (Å²) in [5.74, 6) is -0.0296. The highest BCUT2D eigenvalue weighted by atomic mass is 16.5. The quantitative estimate of drug-likeness (QED) is 0.559. The van der Waals surface area contributed by atoms with Crippen LogP contribution in [-0.2, 0) is 16.0 Å². The Morgan fingerprint density at radius 2 is 2.05 bits per heavy atom. The summed E-state index contributed by atoms with van der Waals surface area (Å²) in [6.07, 6.45) is 3.32. The summed E-state index contributed by atoms with van der Waals surface area (Å²) < 4.78 is 5.32. The summed E-state index contributed by atoms with van der Waals surface area (Å²) in [6.45, 7) is 10.7. The van der Waals surface area contributed by atoms with Crippen LogP contribution in [0.25, 0.3) is 0 Å². The molecule has 0 aliphatic heterocycles. The Kier molecular flexibility index (Phi) is 7.17. The maximum Gasteiger partial charge on any atom is 0.326 e. The highest BCUT2D eigenvalue weighted by molar-refractivity contribution is 5.81. The number of carbonyl (C=O) groups is 1. The van der Waals surface area contributed by atoms with E-state index >= 15 is 0 Å². The van der Waals surface area contributed by atoms with Crippen molar-refractivity contribution in [2.45, 2.75) is 39.2 Å². The molecule has 116 valence electrons. The Morgan fingerprint density at radius 1 is 1.38 bits per heavy atom. The summed E-state index contributed by atoms with van der Waals surface area (Å²) in [5, 5.41) is 3.34. The van der Waals surface area contributed by atoms with Gasteiger partial charge in [-0.15, -0.1) is 6.58 Å². The van der Waals surface area contributed by atoms with Gasteiger partial charge in [0.1, 0.15) is 5.54 Å². The second-order valence-corrected chi connectivity index (χ2v) is 5.50. The summed E-state index contributed by atoms with van der Waals surface area (Å²) in [4.78, 5) is 12.5. The van der Waals surface area contributed by atoms with Crippen molar-refractivity contribution in [1.29, 1.82) is 0 Å². The molecule has 1 atom stereocenters. The standard InChI is InChI=1S/C18H27NO2/c1-5-14-19-18(15(3)4,17(20)21-6-2)13-12-16-10-8-7-9-11-16/h5,7-11,15,19H,1,6,12-14H2,2-4H3. The molecule has 0 bridgehead atoms. The van der Waals surface area contributed by atoms with Crippen molar-refractivity contribution in [2.24, 2.45) is 5.92 Å². The molecule has 0 saturated heterocycles. The van der Waals surface area contributed by atoms with Gasteiger partial charge in [0.05, 0.1) is 6.61 Å². The zero-order valence-electron chi connectivity index (χ0n) is 13.4. The molecule has 1 rings (SSSR count). The van der Waals surface area contributed by atoms with E-state index in [0.717, 1.165) is 6.42 Å². The van der Waals surface area contributed by atoms with Gasteiger partial charge in [0.15, 0.2) is 0 Å². The Labute approximate surface area is 128 Å². The van der Waals surface area contributed by atoms with Crippen molar-refractivity contribution < 1.29 is 9.53 Å². The van der Waals surface area contributed by atoms with E-state index in [2.05, 4.69) is 37.9 Å². The average molecular weight is 289 g/mol. The minimum atomic E-state index is -0.667. The molecule has 21 heavy (non-hydrogen) atoms. The highest BCUT2D eigenvalue weighted by Gasteiger charge is 2.41. The van der Waals surface area contributed by atoms with E-state index in [9.17, 15) is 4.79 Å². The molecule has 1 unspecified atom stereocenters.